The van der Waals surface area contributed by atoms with Crippen LogP contribution >= 0.6 is 0 Å². The lowest BCUT2D eigenvalue weighted by Gasteiger charge is -1.99. The van der Waals surface area contributed by atoms with Crippen molar-refractivity contribution in [2.45, 2.75) is 0 Å². The van der Waals surface area contributed by atoms with Crippen molar-refractivity contribution in [3.05, 3.63) is 34.0 Å². The zero-order valence-electron chi connectivity index (χ0n) is 8.21. The minimum Gasteiger partial charge on any atom is -0.381 e. The number of pyridine rings is 1. The normalized spacial score (nSPS) is 10.7. The number of rotatable bonds is 4. The van der Waals surface area contributed by atoms with Crippen LogP contribution in [-0.4, -0.2) is 23.6 Å². The summed E-state index contributed by atoms with van der Waals surface area (Å²) < 4.78 is 4.79. The van der Waals surface area contributed by atoms with Gasteiger partial charge >= 0.3 is 5.69 Å². The van der Waals surface area contributed by atoms with Crippen LogP contribution in [0.15, 0.2) is 18.3 Å². The van der Waals surface area contributed by atoms with E-state index >= 15 is 0 Å². The van der Waals surface area contributed by atoms with Gasteiger partial charge in [0.2, 0.25) is 5.82 Å². The van der Waals surface area contributed by atoms with Crippen molar-refractivity contribution in [3.63, 3.8) is 0 Å². The molecule has 0 amide bonds. The van der Waals surface area contributed by atoms with Gasteiger partial charge in [0, 0.05) is 13.3 Å². The van der Waals surface area contributed by atoms with Gasteiger partial charge < -0.3 is 10.5 Å². The van der Waals surface area contributed by atoms with Gasteiger partial charge in [0.25, 0.3) is 0 Å². The second kappa shape index (κ2) is 5.06. The van der Waals surface area contributed by atoms with E-state index in [-0.39, 0.29) is 11.5 Å². The van der Waals surface area contributed by atoms with Crippen LogP contribution in [0.3, 0.4) is 0 Å². The van der Waals surface area contributed by atoms with Crippen molar-refractivity contribution < 1.29 is 9.66 Å². The Morgan fingerprint density at radius 1 is 1.73 bits per heavy atom. The summed E-state index contributed by atoms with van der Waals surface area (Å²) >= 11 is 0. The average molecular weight is 209 g/mol. The van der Waals surface area contributed by atoms with Gasteiger partial charge in [-0.3, -0.25) is 10.1 Å². The molecule has 6 heteroatoms. The summed E-state index contributed by atoms with van der Waals surface area (Å²) in [7, 11) is 1.54. The Kier molecular flexibility index (Phi) is 3.75. The van der Waals surface area contributed by atoms with E-state index in [0.29, 0.717) is 12.2 Å². The van der Waals surface area contributed by atoms with Gasteiger partial charge in [0.05, 0.1) is 17.1 Å². The Labute approximate surface area is 86.5 Å². The van der Waals surface area contributed by atoms with E-state index in [1.54, 1.807) is 19.3 Å². The number of nitro groups is 1. The maximum Gasteiger partial charge on any atom is 0.318 e. The van der Waals surface area contributed by atoms with Crippen LogP contribution in [0.4, 0.5) is 11.5 Å². The topological polar surface area (TPSA) is 91.3 Å². The number of nitrogens with zero attached hydrogens (tertiary/aromatic N) is 2. The van der Waals surface area contributed by atoms with Crippen molar-refractivity contribution in [2.24, 2.45) is 0 Å². The fraction of sp³-hybridized carbons (Fsp3) is 0.222. The molecule has 0 bridgehead atoms. The van der Waals surface area contributed by atoms with Gasteiger partial charge in [-0.05, 0) is 12.1 Å². The minimum atomic E-state index is -0.547. The van der Waals surface area contributed by atoms with E-state index in [1.807, 2.05) is 0 Å². The third kappa shape index (κ3) is 2.75. The van der Waals surface area contributed by atoms with Gasteiger partial charge in [-0.1, -0.05) is 6.08 Å². The number of nitrogens with two attached hydrogens (primary N) is 1. The first-order valence-electron chi connectivity index (χ1n) is 4.21. The van der Waals surface area contributed by atoms with E-state index in [4.69, 9.17) is 10.5 Å². The molecule has 1 aromatic heterocycles. The number of methoxy groups -OCH3 is 1. The van der Waals surface area contributed by atoms with Crippen LogP contribution in [0.1, 0.15) is 5.56 Å². The lowest BCUT2D eigenvalue weighted by Crippen LogP contribution is -2.00. The third-order valence-electron chi connectivity index (χ3n) is 1.73. The maximum atomic E-state index is 10.7. The van der Waals surface area contributed by atoms with Crippen LogP contribution < -0.4 is 5.73 Å². The smallest absolute Gasteiger partial charge is 0.318 e. The van der Waals surface area contributed by atoms with E-state index in [9.17, 15) is 10.1 Å². The second-order valence-electron chi connectivity index (χ2n) is 2.75. The average Bonchev–Trinajstić information content (AvgIpc) is 2.17. The molecule has 0 atom stereocenters. The Morgan fingerprint density at radius 2 is 2.47 bits per heavy atom. The first-order chi connectivity index (χ1) is 7.16. The summed E-state index contributed by atoms with van der Waals surface area (Å²) in [6.07, 6.45) is 4.68. The fourth-order valence-electron chi connectivity index (χ4n) is 1.09. The van der Waals surface area contributed by atoms with Crippen LogP contribution in [-0.2, 0) is 4.74 Å². The monoisotopic (exact) mass is 209 g/mol. The predicted octanol–water partition coefficient (Wildman–Crippen LogP) is 1.23. The molecule has 2 N–H and O–H groups in total. The summed E-state index contributed by atoms with van der Waals surface area (Å²) in [4.78, 5) is 13.8. The molecule has 1 rings (SSSR count). The van der Waals surface area contributed by atoms with Crippen LogP contribution in [0.5, 0.6) is 0 Å². The molecule has 0 radical (unpaired) electrons. The van der Waals surface area contributed by atoms with Gasteiger partial charge in [0.15, 0.2) is 0 Å². The van der Waals surface area contributed by atoms with Crippen LogP contribution in [0.25, 0.3) is 6.08 Å². The molecular formula is C9H11N3O3. The molecule has 15 heavy (non-hydrogen) atoms. The lowest BCUT2D eigenvalue weighted by molar-refractivity contribution is -0.384. The molecule has 0 aliphatic rings. The molecule has 0 aromatic carbocycles. The maximum absolute atomic E-state index is 10.7. The standard InChI is InChI=1S/C9H11N3O3/c1-15-6-2-3-7-4-5-11-9(10)8(7)12(13)14/h2-5H,6H2,1H3,(H2,10,11)/b3-2+. The third-order valence-corrected chi connectivity index (χ3v) is 1.73. The molecule has 1 heterocycles. The Balaban J connectivity index is 3.06. The molecule has 80 valence electrons. The number of anilines is 1. The summed E-state index contributed by atoms with van der Waals surface area (Å²) in [5.41, 5.74) is 5.65. The van der Waals surface area contributed by atoms with Gasteiger partial charge in [-0.25, -0.2) is 4.98 Å². The summed E-state index contributed by atoms with van der Waals surface area (Å²) in [5.74, 6) is -0.0837. The van der Waals surface area contributed by atoms with Crippen molar-refractivity contribution in [1.82, 2.24) is 4.98 Å². The van der Waals surface area contributed by atoms with Crippen molar-refractivity contribution in [2.75, 3.05) is 19.5 Å². The van der Waals surface area contributed by atoms with E-state index in [1.165, 1.54) is 12.3 Å². The molecule has 0 saturated carbocycles. The Morgan fingerprint density at radius 3 is 3.07 bits per heavy atom. The van der Waals surface area contributed by atoms with Crippen molar-refractivity contribution in [1.29, 1.82) is 0 Å². The number of hydrogen-bond donors (Lipinski definition) is 1. The molecule has 1 aromatic rings. The second-order valence-corrected chi connectivity index (χ2v) is 2.75. The van der Waals surface area contributed by atoms with Crippen LogP contribution in [0.2, 0.25) is 0 Å². The zero-order valence-corrected chi connectivity index (χ0v) is 8.21. The largest absolute Gasteiger partial charge is 0.381 e. The summed E-state index contributed by atoms with van der Waals surface area (Å²) in [6.45, 7) is 0.388. The number of nitrogen functional groups attached to an aromatic ring is 1. The number of aromatic nitrogens is 1. The molecular weight excluding hydrogens is 198 g/mol. The first kappa shape index (κ1) is 11.1. The van der Waals surface area contributed by atoms with E-state index < -0.39 is 4.92 Å². The molecule has 0 aliphatic heterocycles. The fourth-order valence-corrected chi connectivity index (χ4v) is 1.09. The summed E-state index contributed by atoms with van der Waals surface area (Å²) in [5, 5.41) is 10.7. The molecule has 0 fully saturated rings. The van der Waals surface area contributed by atoms with Crippen molar-refractivity contribution >= 4 is 17.6 Å². The summed E-state index contributed by atoms with van der Waals surface area (Å²) in [6, 6.07) is 1.53. The van der Waals surface area contributed by atoms with Crippen molar-refractivity contribution in [3.8, 4) is 0 Å². The lowest BCUT2D eigenvalue weighted by atomic mass is 10.2. The molecule has 6 nitrogen and oxygen atoms in total. The highest BCUT2D eigenvalue weighted by atomic mass is 16.6. The molecule has 0 saturated heterocycles. The van der Waals surface area contributed by atoms with Crippen LogP contribution in [0, 0.1) is 10.1 Å². The quantitative estimate of drug-likeness (QED) is 0.594. The van der Waals surface area contributed by atoms with E-state index in [0.717, 1.165) is 0 Å². The predicted molar refractivity (Wildman–Crippen MR) is 56.2 cm³/mol. The first-order valence-corrected chi connectivity index (χ1v) is 4.21. The number of ether oxygens (including phenoxy) is 1. The van der Waals surface area contributed by atoms with Gasteiger partial charge in [-0.2, -0.15) is 0 Å². The van der Waals surface area contributed by atoms with E-state index in [2.05, 4.69) is 4.98 Å². The Hall–Kier alpha value is -1.95. The zero-order chi connectivity index (χ0) is 11.3. The number of hydrogen-bond acceptors (Lipinski definition) is 5. The molecule has 0 aliphatic carbocycles. The molecule has 0 unspecified atom stereocenters. The van der Waals surface area contributed by atoms with Gasteiger partial charge in [-0.15, -0.1) is 0 Å². The Bertz CT molecular complexity index is 390. The van der Waals surface area contributed by atoms with Gasteiger partial charge in [0.1, 0.15) is 0 Å². The highest BCUT2D eigenvalue weighted by molar-refractivity contribution is 5.68. The highest BCUT2D eigenvalue weighted by Gasteiger charge is 2.16. The SMILES string of the molecule is COC/C=C/c1ccnc(N)c1[N+](=O)[O-]. The highest BCUT2D eigenvalue weighted by Crippen LogP contribution is 2.24. The minimum absolute atomic E-state index is 0.0837. The molecule has 0 spiro atoms.